The summed E-state index contributed by atoms with van der Waals surface area (Å²) in [6.07, 6.45) is -4.60. The van der Waals surface area contributed by atoms with E-state index in [-0.39, 0.29) is 29.7 Å². The molecule has 0 saturated heterocycles. The van der Waals surface area contributed by atoms with Gasteiger partial charge in [0.1, 0.15) is 11.4 Å². The largest absolute Gasteiger partial charge is 0.573 e. The molecule has 0 aliphatic heterocycles. The highest BCUT2D eigenvalue weighted by Gasteiger charge is 2.30. The second kappa shape index (κ2) is 12.6. The number of hydrogen-bond donors (Lipinski definition) is 3. The monoisotopic (exact) mass is 532 g/mol. The summed E-state index contributed by atoms with van der Waals surface area (Å²) < 4.78 is 45.4. The van der Waals surface area contributed by atoms with Crippen LogP contribution >= 0.6 is 24.0 Å². The molecular weight excluding hydrogens is 504 g/mol. The van der Waals surface area contributed by atoms with Crippen LogP contribution in [0.15, 0.2) is 29.3 Å². The third-order valence-corrected chi connectivity index (χ3v) is 3.17. The molecule has 0 bridgehead atoms. The fraction of sp³-hybridized carbons (Fsp3) is 0.556. The van der Waals surface area contributed by atoms with E-state index >= 15 is 0 Å². The third-order valence-electron chi connectivity index (χ3n) is 3.17. The summed E-state index contributed by atoms with van der Waals surface area (Å²) >= 11 is 0. The number of carbonyl (C=O) groups is 1. The number of benzene rings is 1. The minimum atomic E-state index is -4.69. The van der Waals surface area contributed by atoms with Gasteiger partial charge in [0.05, 0.1) is 0 Å². The van der Waals surface area contributed by atoms with Crippen molar-refractivity contribution < 1.29 is 27.4 Å². The highest BCUT2D eigenvalue weighted by atomic mass is 127. The van der Waals surface area contributed by atoms with Crippen molar-refractivity contribution in [2.75, 3.05) is 26.7 Å². The first-order valence-electron chi connectivity index (χ1n) is 8.74. The van der Waals surface area contributed by atoms with Gasteiger partial charge in [-0.1, -0.05) is 12.1 Å². The van der Waals surface area contributed by atoms with Crippen LogP contribution in [0, 0.1) is 0 Å². The molecule has 7 nitrogen and oxygen atoms in total. The van der Waals surface area contributed by atoms with Gasteiger partial charge in [-0.15, -0.1) is 37.1 Å². The maximum absolute atomic E-state index is 12.1. The highest BCUT2D eigenvalue weighted by molar-refractivity contribution is 14.0. The lowest BCUT2D eigenvalue weighted by molar-refractivity contribution is -0.274. The Labute approximate surface area is 185 Å². The van der Waals surface area contributed by atoms with Crippen LogP contribution in [0.5, 0.6) is 5.75 Å². The van der Waals surface area contributed by atoms with Gasteiger partial charge < -0.3 is 25.4 Å². The van der Waals surface area contributed by atoms with Gasteiger partial charge >= 0.3 is 12.5 Å². The Kier molecular flexibility index (Phi) is 11.8. The molecule has 1 amide bonds. The van der Waals surface area contributed by atoms with Gasteiger partial charge in [0.25, 0.3) is 0 Å². The van der Waals surface area contributed by atoms with E-state index in [1.165, 1.54) is 12.1 Å². The fourth-order valence-corrected chi connectivity index (χ4v) is 2.06. The minimum absolute atomic E-state index is 0. The number of guanidine groups is 1. The van der Waals surface area contributed by atoms with Crippen molar-refractivity contribution >= 4 is 36.0 Å². The average molecular weight is 532 g/mol. The van der Waals surface area contributed by atoms with E-state index in [1.54, 1.807) is 40.0 Å². The van der Waals surface area contributed by atoms with Gasteiger partial charge in [0, 0.05) is 26.7 Å². The molecule has 11 heteroatoms. The van der Waals surface area contributed by atoms with Crippen molar-refractivity contribution in [3.8, 4) is 5.75 Å². The quantitative estimate of drug-likeness (QED) is 0.217. The lowest BCUT2D eigenvalue weighted by atomic mass is 10.1. The number of amides is 1. The molecule has 0 aromatic heterocycles. The number of rotatable bonds is 7. The molecule has 29 heavy (non-hydrogen) atoms. The smallest absolute Gasteiger partial charge is 0.444 e. The molecule has 0 aliphatic rings. The van der Waals surface area contributed by atoms with Gasteiger partial charge in [0.15, 0.2) is 5.96 Å². The van der Waals surface area contributed by atoms with Crippen molar-refractivity contribution in [3.05, 3.63) is 29.8 Å². The zero-order valence-electron chi connectivity index (χ0n) is 16.9. The molecule has 3 N–H and O–H groups in total. The number of hydrogen-bond acceptors (Lipinski definition) is 4. The van der Waals surface area contributed by atoms with E-state index < -0.39 is 18.1 Å². The summed E-state index contributed by atoms with van der Waals surface area (Å²) in [7, 11) is 1.61. The Bertz CT molecular complexity index is 647. The Morgan fingerprint density at radius 2 is 1.55 bits per heavy atom. The van der Waals surface area contributed by atoms with Gasteiger partial charge in [-0.3, -0.25) is 4.99 Å². The molecule has 0 fully saturated rings. The van der Waals surface area contributed by atoms with E-state index in [0.717, 1.165) is 5.56 Å². The molecule has 0 saturated carbocycles. The lowest BCUT2D eigenvalue weighted by Gasteiger charge is -2.19. The summed E-state index contributed by atoms with van der Waals surface area (Å²) in [5.74, 6) is 0.294. The van der Waals surface area contributed by atoms with Crippen LogP contribution in [0.4, 0.5) is 18.0 Å². The Balaban J connectivity index is 0.00000784. The molecule has 0 atom stereocenters. The standard InChI is InChI=1S/C18H27F3N4O3.HI/c1-17(2,3)28-16(26)25-12-11-24-15(22-4)23-10-9-13-5-7-14(8-6-13)27-18(19,20)21;/h5-8H,9-12H2,1-4H3,(H,25,26)(H2,22,23,24);1H. The summed E-state index contributed by atoms with van der Waals surface area (Å²) in [6, 6.07) is 5.70. The number of aliphatic imine (C=N–C) groups is 1. The number of halogens is 4. The first-order valence-corrected chi connectivity index (χ1v) is 8.74. The van der Waals surface area contributed by atoms with Gasteiger partial charge in [-0.05, 0) is 44.9 Å². The predicted molar refractivity (Wildman–Crippen MR) is 116 cm³/mol. The van der Waals surface area contributed by atoms with Crippen LogP contribution in [0.1, 0.15) is 26.3 Å². The Hall–Kier alpha value is -1.92. The van der Waals surface area contributed by atoms with Crippen LogP contribution in [-0.4, -0.2) is 50.7 Å². The number of ether oxygens (including phenoxy) is 2. The number of nitrogens with zero attached hydrogens (tertiary/aromatic N) is 1. The van der Waals surface area contributed by atoms with Crippen LogP contribution in [0.25, 0.3) is 0 Å². The zero-order valence-corrected chi connectivity index (χ0v) is 19.2. The van der Waals surface area contributed by atoms with Crippen LogP contribution in [0.3, 0.4) is 0 Å². The topological polar surface area (TPSA) is 84.0 Å². The van der Waals surface area contributed by atoms with Gasteiger partial charge in [-0.2, -0.15) is 0 Å². The predicted octanol–water partition coefficient (Wildman–Crippen LogP) is 3.44. The average Bonchev–Trinajstić information content (AvgIpc) is 2.55. The molecule has 1 aromatic rings. The van der Waals surface area contributed by atoms with Gasteiger partial charge in [-0.25, -0.2) is 4.79 Å². The maximum atomic E-state index is 12.1. The first-order chi connectivity index (χ1) is 13.0. The molecule has 0 aliphatic carbocycles. The molecule has 0 heterocycles. The number of alkyl carbamates (subject to hydrolysis) is 1. The van der Waals surface area contributed by atoms with E-state index in [1.807, 2.05) is 0 Å². The fourth-order valence-electron chi connectivity index (χ4n) is 2.06. The van der Waals surface area contributed by atoms with Crippen molar-refractivity contribution in [3.63, 3.8) is 0 Å². The molecule has 0 unspecified atom stereocenters. The Morgan fingerprint density at radius 1 is 1.00 bits per heavy atom. The van der Waals surface area contributed by atoms with Crippen LogP contribution in [-0.2, 0) is 11.2 Å². The molecular formula is C18H28F3IN4O3. The van der Waals surface area contributed by atoms with Crippen molar-refractivity contribution in [1.82, 2.24) is 16.0 Å². The van der Waals surface area contributed by atoms with Crippen molar-refractivity contribution in [2.45, 2.75) is 39.2 Å². The second-order valence-electron chi connectivity index (χ2n) is 6.80. The van der Waals surface area contributed by atoms with Crippen molar-refractivity contribution in [1.29, 1.82) is 0 Å². The van der Waals surface area contributed by atoms with Crippen molar-refractivity contribution in [2.24, 2.45) is 4.99 Å². The lowest BCUT2D eigenvalue weighted by Crippen LogP contribution is -2.42. The molecule has 0 spiro atoms. The highest BCUT2D eigenvalue weighted by Crippen LogP contribution is 2.22. The van der Waals surface area contributed by atoms with Crippen LogP contribution in [0.2, 0.25) is 0 Å². The SMILES string of the molecule is CN=C(NCCNC(=O)OC(C)(C)C)NCCc1ccc(OC(F)(F)F)cc1.I. The summed E-state index contributed by atoms with van der Waals surface area (Å²) in [6.45, 7) is 6.69. The summed E-state index contributed by atoms with van der Waals surface area (Å²) in [5, 5.41) is 8.74. The first kappa shape index (κ1) is 27.1. The van der Waals surface area contributed by atoms with Crippen LogP contribution < -0.4 is 20.7 Å². The normalized spacial score (nSPS) is 11.9. The Morgan fingerprint density at radius 3 is 2.07 bits per heavy atom. The van der Waals surface area contributed by atoms with E-state index in [4.69, 9.17) is 4.74 Å². The van der Waals surface area contributed by atoms with E-state index in [9.17, 15) is 18.0 Å². The summed E-state index contributed by atoms with van der Waals surface area (Å²) in [4.78, 5) is 15.6. The maximum Gasteiger partial charge on any atom is 0.573 e. The van der Waals surface area contributed by atoms with E-state index in [0.29, 0.717) is 32.0 Å². The number of nitrogens with one attached hydrogen (secondary N) is 3. The summed E-state index contributed by atoms with van der Waals surface area (Å²) in [5.41, 5.74) is 0.302. The molecule has 1 rings (SSSR count). The molecule has 1 aromatic carbocycles. The van der Waals surface area contributed by atoms with Gasteiger partial charge in [0.2, 0.25) is 0 Å². The molecule has 166 valence electrons. The third kappa shape index (κ3) is 13.8. The zero-order chi connectivity index (χ0) is 21.2. The molecule has 0 radical (unpaired) electrons. The number of carbonyl (C=O) groups excluding carboxylic acids is 1. The second-order valence-corrected chi connectivity index (χ2v) is 6.80. The van der Waals surface area contributed by atoms with E-state index in [2.05, 4.69) is 25.7 Å². The number of alkyl halides is 3. The minimum Gasteiger partial charge on any atom is -0.444 e.